The predicted octanol–water partition coefficient (Wildman–Crippen LogP) is 17.4. The van der Waals surface area contributed by atoms with Crippen molar-refractivity contribution in [1.82, 2.24) is 0 Å². The van der Waals surface area contributed by atoms with Gasteiger partial charge in [0.1, 0.15) is 0 Å². The number of allylic oxidation sites excluding steroid dienone is 1. The maximum Gasteiger partial charge on any atom is 0.266 e. The van der Waals surface area contributed by atoms with Gasteiger partial charge in [0.25, 0.3) is 3.25 Å². The number of ether oxygens (including phenoxy) is 2. The maximum atomic E-state index is 8.02. The van der Waals surface area contributed by atoms with Crippen LogP contribution in [0.5, 0.6) is 0 Å². The Morgan fingerprint density at radius 1 is 0.815 bits per heavy atom. The van der Waals surface area contributed by atoms with Gasteiger partial charge < -0.3 is 20.1 Å². The molecule has 0 aliphatic carbocycles. The molecular formula is C37H79Cl9I3O4P. The van der Waals surface area contributed by atoms with Crippen LogP contribution in [0.3, 0.4) is 0 Å². The number of alkyl halides is 12. The van der Waals surface area contributed by atoms with Gasteiger partial charge in [-0.15, -0.1) is 79.0 Å². The van der Waals surface area contributed by atoms with Crippen LogP contribution in [0.1, 0.15) is 130 Å². The van der Waals surface area contributed by atoms with Crippen LogP contribution in [0.15, 0.2) is 25.2 Å². The molecule has 0 aromatic heterocycles. The Morgan fingerprint density at radius 3 is 1.15 bits per heavy atom. The number of hydrogen-bond donors (Lipinski definition) is 1. The molecule has 0 bridgehead atoms. The Balaban J connectivity index is -0.0000000676. The lowest BCUT2D eigenvalue weighted by molar-refractivity contribution is 0.343. The summed E-state index contributed by atoms with van der Waals surface area (Å²) >= 11 is 52.0. The summed E-state index contributed by atoms with van der Waals surface area (Å²) in [6.07, 6.45) is 14.1. The molecule has 17 heteroatoms. The molecule has 2 aliphatic heterocycles. The largest absolute Gasteiger partial charge is 0.412 e. The zero-order chi connectivity index (χ0) is 52.8. The minimum Gasteiger partial charge on any atom is -0.412 e. The third kappa shape index (κ3) is 165. The summed E-state index contributed by atoms with van der Waals surface area (Å²) in [7, 11) is 0.422. The molecular weight excluding hydrogens is 1240 g/mol. The van der Waals surface area contributed by atoms with Gasteiger partial charge in [0.05, 0.1) is 62.0 Å². The lowest BCUT2D eigenvalue weighted by atomic mass is 10.4. The molecule has 1 unspecified atom stereocenters. The van der Waals surface area contributed by atoms with E-state index < -0.39 is 48.2 Å². The van der Waals surface area contributed by atoms with Crippen LogP contribution in [0.25, 0.3) is 0 Å². The van der Waals surface area contributed by atoms with Crippen LogP contribution in [0.4, 0.5) is 0 Å². The molecule has 2 atom stereocenters. The topological polar surface area (TPSA) is 76.8 Å². The van der Waals surface area contributed by atoms with Crippen LogP contribution in [-0.4, -0.2) is 100.0 Å². The first-order valence-electron chi connectivity index (χ1n) is 22.6. The molecule has 3 N–H and O–H groups in total. The molecule has 0 aromatic carbocycles. The highest BCUT2D eigenvalue weighted by Gasteiger charge is 2.20. The average molecular weight is 1330 g/mol. The molecule has 340 valence electrons. The summed E-state index contributed by atoms with van der Waals surface area (Å²) in [4.78, 5) is 0. The van der Waals surface area contributed by atoms with Gasteiger partial charge in [-0.05, 0) is 55.0 Å². The van der Waals surface area contributed by atoms with Gasteiger partial charge in [0, 0.05) is 17.6 Å². The van der Waals surface area contributed by atoms with Crippen LogP contribution < -0.4 is 0 Å². The van der Waals surface area contributed by atoms with Gasteiger partial charge in [-0.25, -0.2) is 0 Å². The van der Waals surface area contributed by atoms with Gasteiger partial charge in [-0.3, -0.25) is 0 Å². The molecule has 2 fully saturated rings. The first-order valence-corrected chi connectivity index (χ1v) is 26.7. The molecule has 2 saturated heterocycles. The van der Waals surface area contributed by atoms with Gasteiger partial charge in [0.2, 0.25) is 0 Å². The highest BCUT2D eigenvalue weighted by molar-refractivity contribution is 14.2. The average Bonchev–Trinajstić information content (AvgIpc) is 3.98. The number of unbranched alkanes of at least 4 members (excludes halogenated alkanes) is 3. The van der Waals surface area contributed by atoms with Crippen molar-refractivity contribution in [2.24, 2.45) is 0 Å². The second kappa shape index (κ2) is 81.4. The first-order chi connectivity index (χ1) is 29.3. The monoisotopic (exact) mass is 1330 g/mol. The molecule has 0 amide bonds. The van der Waals surface area contributed by atoms with Crippen molar-refractivity contribution >= 4 is 180 Å². The van der Waals surface area contributed by atoms with Crippen molar-refractivity contribution < 1.29 is 36.5 Å². The van der Waals surface area contributed by atoms with Crippen molar-refractivity contribution in [3.05, 3.63) is 25.2 Å². The highest BCUT2D eigenvalue weighted by atomic mass is 127. The number of aliphatic hydroxyl groups is 1. The van der Waals surface area contributed by atoms with Gasteiger partial charge in [-0.2, -0.15) is 0 Å². The van der Waals surface area contributed by atoms with E-state index >= 15 is 0 Å². The van der Waals surface area contributed by atoms with Crippen molar-refractivity contribution in [2.75, 3.05) is 72.0 Å². The van der Waals surface area contributed by atoms with Crippen LogP contribution >= 0.6 is 180 Å². The van der Waals surface area contributed by atoms with Crippen LogP contribution in [-0.2, 0) is 9.47 Å². The fraction of sp³-hybridized carbons (Fsp3) is 0.892. The number of aliphatic hydroxyl groups excluding tert-OH is 1. The van der Waals surface area contributed by atoms with E-state index in [9.17, 15) is 0 Å². The van der Waals surface area contributed by atoms with E-state index in [2.05, 4.69) is 126 Å². The third-order valence-electron chi connectivity index (χ3n) is 3.93. The molecule has 0 aromatic rings. The van der Waals surface area contributed by atoms with Crippen LogP contribution in [0, 0.1) is 0 Å². The van der Waals surface area contributed by atoms with Crippen LogP contribution in [0.2, 0.25) is 0 Å². The van der Waals surface area contributed by atoms with E-state index in [-0.39, 0.29) is 42.6 Å². The number of halogens is 12. The minimum atomic E-state index is -1.81. The molecule has 4 nitrogen and oxygen atoms in total. The SMILES string of the molecule is C.CCC.CCC(I)I.CCCCP(CCCC)CCCC.CCCI.ClC(Cl)(Cl)Cl.ClCCCl.O.[2H]C([2H])=C([2H])CCl.[2H]C([2H])=C([2H])CO.[2H]C1([2H])OC1([2H])CCl.[2H]C1([2H])O[C@]1([2H])CCl. The first kappa shape index (κ1) is 52.9. The Bertz CT molecular complexity index is 989. The van der Waals surface area contributed by atoms with Crippen molar-refractivity contribution in [2.45, 2.75) is 131 Å². The summed E-state index contributed by atoms with van der Waals surface area (Å²) in [6, 6.07) is -0.485. The summed E-state index contributed by atoms with van der Waals surface area (Å²) in [5.41, 5.74) is 0. The van der Waals surface area contributed by atoms with Gasteiger partial charge >= 0.3 is 0 Å². The fourth-order valence-corrected chi connectivity index (χ4v) is 4.84. The summed E-state index contributed by atoms with van der Waals surface area (Å²) in [6.45, 7) is 10.3. The molecule has 2 rings (SSSR count). The maximum absolute atomic E-state index is 8.02. The zero-order valence-electron chi connectivity index (χ0n) is 44.3. The molecule has 2 aliphatic rings. The van der Waals surface area contributed by atoms with E-state index in [1.165, 1.54) is 62.2 Å². The smallest absolute Gasteiger partial charge is 0.266 e. The van der Waals surface area contributed by atoms with Gasteiger partial charge in [-0.1, -0.05) is 208 Å². The van der Waals surface area contributed by atoms with Crippen molar-refractivity contribution in [3.8, 4) is 0 Å². The number of rotatable bonds is 16. The molecule has 54 heavy (non-hydrogen) atoms. The van der Waals surface area contributed by atoms with Crippen molar-refractivity contribution in [3.63, 3.8) is 0 Å². The number of hydrogen-bond acceptors (Lipinski definition) is 3. The minimum absolute atomic E-state index is 0. The Morgan fingerprint density at radius 2 is 1.09 bits per heavy atom. The lowest BCUT2D eigenvalue weighted by Gasteiger charge is -2.16. The quantitative estimate of drug-likeness (QED) is 0.0550. The predicted molar refractivity (Wildman–Crippen MR) is 291 cm³/mol. The normalized spacial score (nSPS) is 21.0. The van der Waals surface area contributed by atoms with Crippen molar-refractivity contribution in [1.29, 1.82) is 0 Å². The fourth-order valence-electron chi connectivity index (χ4n) is 1.66. The van der Waals surface area contributed by atoms with Gasteiger partial charge in [0.15, 0.2) is 0 Å². The zero-order valence-corrected chi connectivity index (χ0v) is 46.4. The molecule has 0 saturated carbocycles. The second-order valence-corrected chi connectivity index (χ2v) is 23.2. The highest BCUT2D eigenvalue weighted by Crippen LogP contribution is 2.38. The van der Waals surface area contributed by atoms with E-state index in [1.807, 2.05) is 0 Å². The molecule has 0 radical (unpaired) electrons. The Hall–Kier alpha value is 4.55. The summed E-state index contributed by atoms with van der Waals surface area (Å²) in [5, 5.41) is 8.02. The lowest BCUT2D eigenvalue weighted by Crippen LogP contribution is -1.95. The van der Waals surface area contributed by atoms with E-state index in [0.29, 0.717) is 19.7 Å². The number of epoxide rings is 2. The second-order valence-electron chi connectivity index (χ2n) is 9.07. The Labute approximate surface area is 440 Å². The summed E-state index contributed by atoms with van der Waals surface area (Å²) < 4.78 is 89.0. The molecule has 2 heterocycles. The van der Waals surface area contributed by atoms with E-state index in [0.717, 1.165) is 1.93 Å². The Kier molecular flexibility index (Phi) is 79.7. The van der Waals surface area contributed by atoms with E-state index in [4.69, 9.17) is 126 Å². The third-order valence-corrected chi connectivity index (χ3v) is 10.8. The standard InChI is InChI=1S/C12H27P.2C3H5ClO.C3H5Cl.C3H6I2.C3H7I.C3H6O.C3H8.C2H4Cl2.CCl4.CH4.H2O/c1-4-7-10-13(11-8-5-2)12-9-6-3;2*4-1-3-2-5-3;1-2-3-4;1-2-3(4)5;2*1-2-3-4;1-3-2;3-1-2-4;2-1(3,4)5;;/h4-12H2,1-3H3;2*3H,1-2H2;2H,1,3H2;3H,2H2,1H3;2-3H2,1H3;2,4H,1,3H2;3H2,1-2H3;1-2H2;;1H4;1H2/t;3-;;;;;;;;;;/m.1........../s1/i;2*2D2,3D;1D2,2D;;;1D2,2D;;;;;. The van der Waals surface area contributed by atoms with E-state index in [1.54, 1.807) is 18.5 Å². The summed E-state index contributed by atoms with van der Waals surface area (Å²) in [5.74, 6) is 0.853. The molecule has 0 spiro atoms.